The van der Waals surface area contributed by atoms with Crippen LogP contribution in [0.1, 0.15) is 18.3 Å². The maximum Gasteiger partial charge on any atom is 0.198 e. The number of hydrogen-bond donors (Lipinski definition) is 1. The number of benzene rings is 1. The van der Waals surface area contributed by atoms with E-state index in [0.717, 1.165) is 28.5 Å². The van der Waals surface area contributed by atoms with Crippen LogP contribution in [0.25, 0.3) is 5.65 Å². The molecule has 2 aromatic heterocycles. The van der Waals surface area contributed by atoms with Gasteiger partial charge in [-0.1, -0.05) is 12.1 Å². The van der Waals surface area contributed by atoms with Gasteiger partial charge >= 0.3 is 0 Å². The number of rotatable bonds is 4. The standard InChI is InChI=1S/C15H16N4O/c1-2-20-13-4-3-9-19-15(13)17-14(18-19)10-11-5-7-12(16)8-6-11/h3-9H,2,10,16H2,1H3. The molecule has 0 amide bonds. The van der Waals surface area contributed by atoms with Gasteiger partial charge in [0.15, 0.2) is 17.2 Å². The van der Waals surface area contributed by atoms with Gasteiger partial charge in [-0.3, -0.25) is 0 Å². The van der Waals surface area contributed by atoms with Gasteiger partial charge in [0.25, 0.3) is 0 Å². The van der Waals surface area contributed by atoms with Gasteiger partial charge in [0, 0.05) is 18.3 Å². The summed E-state index contributed by atoms with van der Waals surface area (Å²) in [6.07, 6.45) is 2.55. The zero-order valence-corrected chi connectivity index (χ0v) is 11.3. The number of nitrogen functional groups attached to an aromatic ring is 1. The van der Waals surface area contributed by atoms with Gasteiger partial charge in [-0.05, 0) is 36.8 Å². The maximum atomic E-state index is 5.68. The lowest BCUT2D eigenvalue weighted by Crippen LogP contribution is -1.95. The number of ether oxygens (including phenoxy) is 1. The lowest BCUT2D eigenvalue weighted by molar-refractivity contribution is 0.342. The van der Waals surface area contributed by atoms with Gasteiger partial charge < -0.3 is 10.5 Å². The predicted octanol–water partition coefficient (Wildman–Crippen LogP) is 2.30. The van der Waals surface area contributed by atoms with Crippen molar-refractivity contribution in [3.63, 3.8) is 0 Å². The number of aromatic nitrogens is 3. The Morgan fingerprint density at radius 2 is 2.00 bits per heavy atom. The Hall–Kier alpha value is -2.56. The highest BCUT2D eigenvalue weighted by molar-refractivity contribution is 5.53. The molecule has 2 N–H and O–H groups in total. The molecular formula is C15H16N4O. The molecule has 102 valence electrons. The Morgan fingerprint density at radius 3 is 2.75 bits per heavy atom. The van der Waals surface area contributed by atoms with Gasteiger partial charge in [-0.15, -0.1) is 0 Å². The van der Waals surface area contributed by atoms with Gasteiger partial charge in [0.05, 0.1) is 6.61 Å². The van der Waals surface area contributed by atoms with Crippen LogP contribution in [0.5, 0.6) is 5.75 Å². The molecule has 1 aromatic carbocycles. The van der Waals surface area contributed by atoms with E-state index in [4.69, 9.17) is 10.5 Å². The number of hydrogen-bond acceptors (Lipinski definition) is 4. The van der Waals surface area contributed by atoms with Crippen molar-refractivity contribution in [2.24, 2.45) is 0 Å². The minimum Gasteiger partial charge on any atom is -0.490 e. The number of fused-ring (bicyclic) bond motifs is 1. The van der Waals surface area contributed by atoms with E-state index in [9.17, 15) is 0 Å². The van der Waals surface area contributed by atoms with Crippen LogP contribution in [0.15, 0.2) is 42.6 Å². The zero-order chi connectivity index (χ0) is 13.9. The summed E-state index contributed by atoms with van der Waals surface area (Å²) in [7, 11) is 0. The predicted molar refractivity (Wildman–Crippen MR) is 77.8 cm³/mol. The van der Waals surface area contributed by atoms with Crippen molar-refractivity contribution >= 4 is 11.3 Å². The highest BCUT2D eigenvalue weighted by Gasteiger charge is 2.09. The molecule has 0 fully saturated rings. The normalized spacial score (nSPS) is 10.8. The van der Waals surface area contributed by atoms with Gasteiger partial charge in [0.1, 0.15) is 0 Å². The monoisotopic (exact) mass is 268 g/mol. The van der Waals surface area contributed by atoms with E-state index >= 15 is 0 Å². The molecule has 0 saturated carbocycles. The highest BCUT2D eigenvalue weighted by atomic mass is 16.5. The van der Waals surface area contributed by atoms with Crippen LogP contribution in [0.3, 0.4) is 0 Å². The summed E-state index contributed by atoms with van der Waals surface area (Å²) < 4.78 is 7.31. The summed E-state index contributed by atoms with van der Waals surface area (Å²) in [6.45, 7) is 2.56. The maximum absolute atomic E-state index is 5.68. The van der Waals surface area contributed by atoms with Crippen molar-refractivity contribution in [1.82, 2.24) is 14.6 Å². The Labute approximate surface area is 117 Å². The number of nitrogens with two attached hydrogens (primary N) is 1. The summed E-state index contributed by atoms with van der Waals surface area (Å²) in [6, 6.07) is 11.6. The molecule has 3 aromatic rings. The molecule has 0 spiro atoms. The van der Waals surface area contributed by atoms with E-state index in [1.165, 1.54) is 0 Å². The summed E-state index contributed by atoms with van der Waals surface area (Å²) >= 11 is 0. The van der Waals surface area contributed by atoms with Crippen molar-refractivity contribution in [2.75, 3.05) is 12.3 Å². The van der Waals surface area contributed by atoms with E-state index in [-0.39, 0.29) is 0 Å². The van der Waals surface area contributed by atoms with E-state index < -0.39 is 0 Å². The second-order valence-electron chi connectivity index (χ2n) is 4.52. The fraction of sp³-hybridized carbons (Fsp3) is 0.200. The average Bonchev–Trinajstić information content (AvgIpc) is 2.85. The first-order valence-electron chi connectivity index (χ1n) is 6.58. The van der Waals surface area contributed by atoms with Crippen molar-refractivity contribution < 1.29 is 4.74 Å². The van der Waals surface area contributed by atoms with E-state index in [1.54, 1.807) is 4.52 Å². The lowest BCUT2D eigenvalue weighted by Gasteiger charge is -2.02. The fourth-order valence-electron chi connectivity index (χ4n) is 2.09. The van der Waals surface area contributed by atoms with Crippen LogP contribution in [0.2, 0.25) is 0 Å². The van der Waals surface area contributed by atoms with Crippen molar-refractivity contribution in [3.05, 3.63) is 54.0 Å². The van der Waals surface area contributed by atoms with Crippen LogP contribution in [-0.2, 0) is 6.42 Å². The van der Waals surface area contributed by atoms with Gasteiger partial charge in [-0.2, -0.15) is 5.10 Å². The Morgan fingerprint density at radius 1 is 1.20 bits per heavy atom. The number of pyridine rings is 1. The van der Waals surface area contributed by atoms with Crippen LogP contribution in [0.4, 0.5) is 5.69 Å². The largest absolute Gasteiger partial charge is 0.490 e. The highest BCUT2D eigenvalue weighted by Crippen LogP contribution is 2.18. The minimum absolute atomic E-state index is 0.611. The van der Waals surface area contributed by atoms with Crippen molar-refractivity contribution in [1.29, 1.82) is 0 Å². The quantitative estimate of drug-likeness (QED) is 0.737. The van der Waals surface area contributed by atoms with Crippen LogP contribution in [-0.4, -0.2) is 21.2 Å². The number of anilines is 1. The first-order valence-corrected chi connectivity index (χ1v) is 6.58. The first kappa shape index (κ1) is 12.5. The topological polar surface area (TPSA) is 65.4 Å². The summed E-state index contributed by atoms with van der Waals surface area (Å²) in [5, 5.41) is 4.47. The minimum atomic E-state index is 0.611. The molecule has 0 aliphatic rings. The Balaban J connectivity index is 1.92. The molecule has 2 heterocycles. The van der Waals surface area contributed by atoms with Gasteiger partial charge in [-0.25, -0.2) is 9.50 Å². The molecule has 5 heteroatoms. The van der Waals surface area contributed by atoms with E-state index in [1.807, 2.05) is 49.5 Å². The smallest absolute Gasteiger partial charge is 0.198 e. The molecule has 0 radical (unpaired) electrons. The van der Waals surface area contributed by atoms with Gasteiger partial charge in [0.2, 0.25) is 0 Å². The summed E-state index contributed by atoms with van der Waals surface area (Å²) in [5.41, 5.74) is 8.32. The molecule has 0 saturated heterocycles. The lowest BCUT2D eigenvalue weighted by atomic mass is 10.1. The third kappa shape index (κ3) is 2.42. The number of nitrogens with zero attached hydrogens (tertiary/aromatic N) is 3. The third-order valence-corrected chi connectivity index (χ3v) is 3.01. The molecule has 0 aliphatic heterocycles. The molecule has 20 heavy (non-hydrogen) atoms. The molecule has 0 atom stereocenters. The fourth-order valence-corrected chi connectivity index (χ4v) is 2.09. The Kier molecular flexibility index (Phi) is 3.25. The molecule has 5 nitrogen and oxygen atoms in total. The third-order valence-electron chi connectivity index (χ3n) is 3.01. The summed E-state index contributed by atoms with van der Waals surface area (Å²) in [4.78, 5) is 4.54. The second kappa shape index (κ2) is 5.21. The van der Waals surface area contributed by atoms with Crippen molar-refractivity contribution in [3.8, 4) is 5.75 Å². The van der Waals surface area contributed by atoms with E-state index in [0.29, 0.717) is 13.0 Å². The van der Waals surface area contributed by atoms with Crippen LogP contribution >= 0.6 is 0 Å². The van der Waals surface area contributed by atoms with Crippen LogP contribution < -0.4 is 10.5 Å². The molecule has 0 aliphatic carbocycles. The second-order valence-corrected chi connectivity index (χ2v) is 4.52. The van der Waals surface area contributed by atoms with Crippen molar-refractivity contribution in [2.45, 2.75) is 13.3 Å². The zero-order valence-electron chi connectivity index (χ0n) is 11.3. The summed E-state index contributed by atoms with van der Waals surface area (Å²) in [5.74, 6) is 1.52. The first-order chi connectivity index (χ1) is 9.76. The Bertz CT molecular complexity index is 718. The molecular weight excluding hydrogens is 252 g/mol. The van der Waals surface area contributed by atoms with E-state index in [2.05, 4.69) is 10.1 Å². The SMILES string of the molecule is CCOc1cccn2nc(Cc3ccc(N)cc3)nc12. The molecule has 0 bridgehead atoms. The van der Waals surface area contributed by atoms with Crippen LogP contribution in [0, 0.1) is 0 Å². The average molecular weight is 268 g/mol. The molecule has 3 rings (SSSR count). The molecule has 0 unspecified atom stereocenters.